The van der Waals surface area contributed by atoms with Crippen molar-refractivity contribution in [3.63, 3.8) is 0 Å². The van der Waals surface area contributed by atoms with Gasteiger partial charge in [0.05, 0.1) is 0 Å². The van der Waals surface area contributed by atoms with Crippen LogP contribution in [-0.2, 0) is 24.1 Å². The first-order chi connectivity index (χ1) is 14.1. The number of carbonyl (C=O) groups is 1. The van der Waals surface area contributed by atoms with Crippen LogP contribution in [0.15, 0.2) is 42.6 Å². The van der Waals surface area contributed by atoms with Crippen molar-refractivity contribution in [2.75, 3.05) is 19.6 Å². The summed E-state index contributed by atoms with van der Waals surface area (Å²) in [5, 5.41) is 9.83. The molecule has 1 aliphatic heterocycles. The summed E-state index contributed by atoms with van der Waals surface area (Å²) >= 11 is 0. The maximum Gasteiger partial charge on any atom is 0.267 e. The first-order valence-corrected chi connectivity index (χ1v) is 10.0. The van der Waals surface area contributed by atoms with Crippen molar-refractivity contribution in [1.29, 1.82) is 0 Å². The SMILES string of the molecule is Cc1[nH]c2ncccc2c1CCN1CCc2ccc(C=CC(=O)NO)cc2CC1. The van der Waals surface area contributed by atoms with Crippen molar-refractivity contribution in [2.45, 2.75) is 26.2 Å². The van der Waals surface area contributed by atoms with Gasteiger partial charge in [-0.1, -0.05) is 18.2 Å². The number of carbonyl (C=O) groups excluding carboxylic acids is 1. The zero-order valence-corrected chi connectivity index (χ0v) is 16.6. The lowest BCUT2D eigenvalue weighted by Crippen LogP contribution is -2.28. The van der Waals surface area contributed by atoms with E-state index in [1.54, 1.807) is 11.6 Å². The number of hydrogen-bond donors (Lipinski definition) is 3. The summed E-state index contributed by atoms with van der Waals surface area (Å²) in [7, 11) is 0. The van der Waals surface area contributed by atoms with Crippen molar-refractivity contribution in [3.05, 3.63) is 70.6 Å². The Morgan fingerprint density at radius 3 is 2.93 bits per heavy atom. The Morgan fingerprint density at radius 1 is 1.28 bits per heavy atom. The Hall–Kier alpha value is -2.96. The number of hydroxylamine groups is 1. The summed E-state index contributed by atoms with van der Waals surface area (Å²) in [6.45, 7) is 5.23. The molecular formula is C23H26N4O2. The first-order valence-electron chi connectivity index (χ1n) is 10.0. The van der Waals surface area contributed by atoms with Crippen LogP contribution >= 0.6 is 0 Å². The fourth-order valence-electron chi connectivity index (χ4n) is 4.12. The van der Waals surface area contributed by atoms with Crippen LogP contribution in [0, 0.1) is 6.92 Å². The number of H-pyrrole nitrogens is 1. The Labute approximate surface area is 170 Å². The van der Waals surface area contributed by atoms with Crippen LogP contribution in [0.25, 0.3) is 17.1 Å². The molecule has 1 amide bonds. The molecule has 0 radical (unpaired) electrons. The van der Waals surface area contributed by atoms with Crippen molar-refractivity contribution >= 4 is 23.0 Å². The van der Waals surface area contributed by atoms with E-state index in [-0.39, 0.29) is 0 Å². The first kappa shape index (κ1) is 19.4. The minimum Gasteiger partial charge on any atom is -0.343 e. The fraction of sp³-hybridized carbons (Fsp3) is 0.304. The third kappa shape index (κ3) is 4.39. The number of nitrogens with one attached hydrogen (secondary N) is 2. The van der Waals surface area contributed by atoms with E-state index in [0.29, 0.717) is 0 Å². The molecule has 3 N–H and O–H groups in total. The summed E-state index contributed by atoms with van der Waals surface area (Å²) in [4.78, 5) is 21.5. The van der Waals surface area contributed by atoms with Gasteiger partial charge in [-0.05, 0) is 66.6 Å². The molecule has 29 heavy (non-hydrogen) atoms. The predicted octanol–water partition coefficient (Wildman–Crippen LogP) is 3.03. The lowest BCUT2D eigenvalue weighted by Gasteiger charge is -2.19. The lowest BCUT2D eigenvalue weighted by atomic mass is 10.00. The summed E-state index contributed by atoms with van der Waals surface area (Å²) in [5.41, 5.74) is 8.85. The van der Waals surface area contributed by atoms with E-state index in [2.05, 4.69) is 40.0 Å². The molecule has 6 heteroatoms. The molecule has 0 unspecified atom stereocenters. The van der Waals surface area contributed by atoms with E-state index in [4.69, 9.17) is 5.21 Å². The van der Waals surface area contributed by atoms with Gasteiger partial charge >= 0.3 is 0 Å². The van der Waals surface area contributed by atoms with Gasteiger partial charge in [0.2, 0.25) is 0 Å². The molecule has 0 atom stereocenters. The van der Waals surface area contributed by atoms with E-state index in [1.165, 1.54) is 33.8 Å². The molecule has 3 aromatic rings. The van der Waals surface area contributed by atoms with E-state index in [9.17, 15) is 4.79 Å². The second-order valence-corrected chi connectivity index (χ2v) is 7.56. The molecule has 0 saturated carbocycles. The average Bonchev–Trinajstić information content (AvgIpc) is 2.92. The molecule has 1 aromatic carbocycles. The van der Waals surface area contributed by atoms with Gasteiger partial charge in [0.1, 0.15) is 5.65 Å². The highest BCUT2D eigenvalue weighted by Crippen LogP contribution is 2.22. The number of pyridine rings is 1. The molecule has 3 heterocycles. The number of aromatic nitrogens is 2. The zero-order valence-electron chi connectivity index (χ0n) is 16.6. The smallest absolute Gasteiger partial charge is 0.267 e. The van der Waals surface area contributed by atoms with Crippen LogP contribution in [0.2, 0.25) is 0 Å². The van der Waals surface area contributed by atoms with Gasteiger partial charge < -0.3 is 9.88 Å². The molecular weight excluding hydrogens is 364 g/mol. The van der Waals surface area contributed by atoms with Crippen LogP contribution in [-0.4, -0.2) is 45.6 Å². The van der Waals surface area contributed by atoms with E-state index in [1.807, 2.05) is 18.3 Å². The Bertz CT molecular complexity index is 1050. The summed E-state index contributed by atoms with van der Waals surface area (Å²) in [6.07, 6.45) is 7.93. The molecule has 2 aromatic heterocycles. The molecule has 6 nitrogen and oxygen atoms in total. The largest absolute Gasteiger partial charge is 0.343 e. The molecule has 150 valence electrons. The monoisotopic (exact) mass is 390 g/mol. The highest BCUT2D eigenvalue weighted by molar-refractivity contribution is 5.90. The highest BCUT2D eigenvalue weighted by atomic mass is 16.5. The third-order valence-corrected chi connectivity index (χ3v) is 5.73. The number of hydrogen-bond acceptors (Lipinski definition) is 4. The minimum atomic E-state index is -0.520. The molecule has 0 fully saturated rings. The number of nitrogens with zero attached hydrogens (tertiary/aromatic N) is 2. The second-order valence-electron chi connectivity index (χ2n) is 7.56. The Morgan fingerprint density at radius 2 is 2.10 bits per heavy atom. The standard InChI is InChI=1S/C23H26N4O2/c1-16-20(21-3-2-11-24-23(21)25-16)10-14-27-12-8-18-6-4-17(5-7-22(28)26-29)15-19(18)9-13-27/h2-7,11,15,29H,8-10,12-14H2,1H3,(H,24,25)(H,26,28). The third-order valence-electron chi connectivity index (χ3n) is 5.73. The minimum absolute atomic E-state index is 0.520. The lowest BCUT2D eigenvalue weighted by molar-refractivity contribution is -0.124. The fourth-order valence-corrected chi connectivity index (χ4v) is 4.12. The summed E-state index contributed by atoms with van der Waals surface area (Å²) in [6, 6.07) is 10.5. The number of aromatic amines is 1. The summed E-state index contributed by atoms with van der Waals surface area (Å²) in [5.74, 6) is -0.520. The topological polar surface area (TPSA) is 81.2 Å². The van der Waals surface area contributed by atoms with Crippen molar-refractivity contribution in [3.8, 4) is 0 Å². The maximum atomic E-state index is 11.2. The van der Waals surface area contributed by atoms with Gasteiger partial charge in [0.15, 0.2) is 0 Å². The van der Waals surface area contributed by atoms with Crippen molar-refractivity contribution in [2.24, 2.45) is 0 Å². The molecule has 0 saturated heterocycles. The van der Waals surface area contributed by atoms with Crippen LogP contribution in [0.4, 0.5) is 0 Å². The van der Waals surface area contributed by atoms with Gasteiger partial charge in [0.25, 0.3) is 5.91 Å². The van der Waals surface area contributed by atoms with Gasteiger partial charge in [-0.25, -0.2) is 10.5 Å². The van der Waals surface area contributed by atoms with Gasteiger partial charge in [0, 0.05) is 43.0 Å². The van der Waals surface area contributed by atoms with Crippen molar-refractivity contribution < 1.29 is 10.0 Å². The van der Waals surface area contributed by atoms with Crippen LogP contribution < -0.4 is 5.48 Å². The quantitative estimate of drug-likeness (QED) is 0.355. The van der Waals surface area contributed by atoms with E-state index < -0.39 is 5.91 Å². The normalized spacial score (nSPS) is 14.8. The highest BCUT2D eigenvalue weighted by Gasteiger charge is 2.16. The average molecular weight is 390 g/mol. The zero-order chi connectivity index (χ0) is 20.2. The molecule has 0 spiro atoms. The molecule has 4 rings (SSSR count). The van der Waals surface area contributed by atoms with Gasteiger partial charge in [-0.15, -0.1) is 0 Å². The Kier molecular flexibility index (Phi) is 5.74. The number of fused-ring (bicyclic) bond motifs is 2. The molecule has 0 bridgehead atoms. The van der Waals surface area contributed by atoms with E-state index >= 15 is 0 Å². The van der Waals surface area contributed by atoms with Crippen LogP contribution in [0.5, 0.6) is 0 Å². The second kappa shape index (κ2) is 8.59. The predicted molar refractivity (Wildman–Crippen MR) is 114 cm³/mol. The van der Waals surface area contributed by atoms with Crippen molar-refractivity contribution in [1.82, 2.24) is 20.3 Å². The maximum absolute atomic E-state index is 11.2. The number of amides is 1. The van der Waals surface area contributed by atoms with Gasteiger partial charge in [-0.2, -0.15) is 0 Å². The van der Waals surface area contributed by atoms with Crippen LogP contribution in [0.3, 0.4) is 0 Å². The number of aryl methyl sites for hydroxylation is 1. The summed E-state index contributed by atoms with van der Waals surface area (Å²) < 4.78 is 0. The van der Waals surface area contributed by atoms with Crippen LogP contribution in [0.1, 0.15) is 27.9 Å². The molecule has 1 aliphatic rings. The number of benzene rings is 1. The van der Waals surface area contributed by atoms with E-state index in [0.717, 1.165) is 50.1 Å². The molecule has 0 aliphatic carbocycles. The number of rotatable bonds is 5. The Balaban J connectivity index is 1.41. The van der Waals surface area contributed by atoms with Gasteiger partial charge in [-0.3, -0.25) is 10.0 Å².